The predicted octanol–water partition coefficient (Wildman–Crippen LogP) is 0.816. The van der Waals surface area contributed by atoms with Gasteiger partial charge in [-0.15, -0.1) is 0 Å². The molecule has 0 radical (unpaired) electrons. The molecule has 0 unspecified atom stereocenters. The molecular weight excluding hydrogens is 386 g/mol. The molecule has 1 fully saturated rings. The van der Waals surface area contributed by atoms with Gasteiger partial charge in [-0.1, -0.05) is 24.6 Å². The van der Waals surface area contributed by atoms with E-state index in [0.29, 0.717) is 38.3 Å². The lowest BCUT2D eigenvalue weighted by atomic mass is 10.1. The summed E-state index contributed by atoms with van der Waals surface area (Å²) in [6.07, 6.45) is 0.662. The topological polar surface area (TPSA) is 114 Å². The normalized spacial score (nSPS) is 14.6. The molecule has 0 atom stereocenters. The molecule has 1 aromatic carbocycles. The fourth-order valence-corrected chi connectivity index (χ4v) is 3.60. The summed E-state index contributed by atoms with van der Waals surface area (Å²) in [4.78, 5) is 44.2. The van der Waals surface area contributed by atoms with E-state index in [0.717, 1.165) is 18.7 Å². The number of rotatable bonds is 7. The number of aromatic nitrogens is 2. The quantitative estimate of drug-likeness (QED) is 0.692. The van der Waals surface area contributed by atoms with Crippen LogP contribution in [-0.4, -0.2) is 59.8 Å². The molecule has 162 valence electrons. The molecular formula is C21H29N5O4. The van der Waals surface area contributed by atoms with Crippen LogP contribution in [0.2, 0.25) is 0 Å². The van der Waals surface area contributed by atoms with Gasteiger partial charge in [-0.3, -0.25) is 28.9 Å². The first-order chi connectivity index (χ1) is 14.4. The van der Waals surface area contributed by atoms with Gasteiger partial charge in [0.1, 0.15) is 5.82 Å². The van der Waals surface area contributed by atoms with Crippen LogP contribution in [0, 0.1) is 6.92 Å². The van der Waals surface area contributed by atoms with E-state index in [1.54, 1.807) is 18.2 Å². The number of anilines is 2. The van der Waals surface area contributed by atoms with Crippen LogP contribution in [-0.2, 0) is 11.3 Å². The number of aryl methyl sites for hydroxylation is 1. The van der Waals surface area contributed by atoms with E-state index in [1.807, 2.05) is 19.9 Å². The van der Waals surface area contributed by atoms with Gasteiger partial charge >= 0.3 is 5.69 Å². The zero-order chi connectivity index (χ0) is 21.7. The van der Waals surface area contributed by atoms with E-state index >= 15 is 0 Å². The van der Waals surface area contributed by atoms with Crippen LogP contribution in [0.5, 0.6) is 0 Å². The minimum Gasteiger partial charge on any atom is -0.383 e. The number of ether oxygens (including phenoxy) is 1. The van der Waals surface area contributed by atoms with Gasteiger partial charge in [0, 0.05) is 38.3 Å². The number of nitrogens with two attached hydrogens (primary N) is 1. The number of carbonyl (C=O) groups excluding carboxylic acids is 1. The number of nitrogens with zero attached hydrogens (tertiary/aromatic N) is 3. The molecule has 3 rings (SSSR count). The molecule has 1 aromatic heterocycles. The van der Waals surface area contributed by atoms with Gasteiger partial charge in [-0.05, 0) is 25.5 Å². The maximum Gasteiger partial charge on any atom is 0.330 e. The summed E-state index contributed by atoms with van der Waals surface area (Å²) in [7, 11) is 0. The Hall–Kier alpha value is -2.91. The van der Waals surface area contributed by atoms with Crippen molar-refractivity contribution in [3.63, 3.8) is 0 Å². The third-order valence-electron chi connectivity index (χ3n) is 5.18. The Morgan fingerprint density at radius 3 is 2.63 bits per heavy atom. The molecule has 0 spiro atoms. The van der Waals surface area contributed by atoms with Crippen molar-refractivity contribution < 1.29 is 9.53 Å². The molecule has 1 aliphatic rings. The highest BCUT2D eigenvalue weighted by atomic mass is 16.5. The molecule has 0 saturated carbocycles. The third kappa shape index (κ3) is 4.80. The average molecular weight is 415 g/mol. The fraction of sp³-hybridized carbons (Fsp3) is 0.476. The molecule has 2 heterocycles. The number of morpholine rings is 1. The second-order valence-corrected chi connectivity index (χ2v) is 7.43. The van der Waals surface area contributed by atoms with E-state index in [9.17, 15) is 14.4 Å². The van der Waals surface area contributed by atoms with Gasteiger partial charge in [0.05, 0.1) is 13.2 Å². The number of H-pyrrole nitrogens is 1. The molecule has 3 N–H and O–H groups in total. The van der Waals surface area contributed by atoms with Crippen molar-refractivity contribution in [2.75, 3.05) is 50.0 Å². The van der Waals surface area contributed by atoms with E-state index in [4.69, 9.17) is 10.5 Å². The number of amides is 1. The summed E-state index contributed by atoms with van der Waals surface area (Å²) in [5.41, 5.74) is 6.43. The second kappa shape index (κ2) is 9.73. The minimum atomic E-state index is -0.659. The van der Waals surface area contributed by atoms with E-state index < -0.39 is 11.2 Å². The van der Waals surface area contributed by atoms with Crippen molar-refractivity contribution in [3.8, 4) is 0 Å². The van der Waals surface area contributed by atoms with E-state index in [2.05, 4.69) is 9.88 Å². The summed E-state index contributed by atoms with van der Waals surface area (Å²) in [6.45, 7) is 7.77. The number of nitrogens with one attached hydrogen (secondary N) is 1. The Bertz CT molecular complexity index is 1010. The highest BCUT2D eigenvalue weighted by Crippen LogP contribution is 2.20. The number of hydrogen-bond acceptors (Lipinski definition) is 6. The molecule has 9 nitrogen and oxygen atoms in total. The molecule has 0 aliphatic carbocycles. The Morgan fingerprint density at radius 1 is 1.23 bits per heavy atom. The fourth-order valence-electron chi connectivity index (χ4n) is 3.60. The summed E-state index contributed by atoms with van der Waals surface area (Å²) in [6, 6.07) is 7.19. The second-order valence-electron chi connectivity index (χ2n) is 7.43. The summed E-state index contributed by atoms with van der Waals surface area (Å²) >= 11 is 0. The van der Waals surface area contributed by atoms with Crippen molar-refractivity contribution in [3.05, 3.63) is 56.2 Å². The number of benzene rings is 1. The van der Waals surface area contributed by atoms with E-state index in [-0.39, 0.29) is 24.0 Å². The predicted molar refractivity (Wildman–Crippen MR) is 116 cm³/mol. The smallest absolute Gasteiger partial charge is 0.330 e. The lowest BCUT2D eigenvalue weighted by Gasteiger charge is -2.30. The Labute approximate surface area is 175 Å². The summed E-state index contributed by atoms with van der Waals surface area (Å²) in [5, 5.41) is 0. The lowest BCUT2D eigenvalue weighted by Crippen LogP contribution is -2.46. The Balaban J connectivity index is 2.02. The molecule has 2 aromatic rings. The molecule has 30 heavy (non-hydrogen) atoms. The third-order valence-corrected chi connectivity index (χ3v) is 5.18. The number of nitrogen functional groups attached to an aromatic ring is 1. The highest BCUT2D eigenvalue weighted by Gasteiger charge is 2.26. The monoisotopic (exact) mass is 415 g/mol. The van der Waals surface area contributed by atoms with Crippen LogP contribution in [0.25, 0.3) is 0 Å². The maximum absolute atomic E-state index is 13.4. The van der Waals surface area contributed by atoms with Crippen LogP contribution in [0.1, 0.15) is 29.3 Å². The zero-order valence-electron chi connectivity index (χ0n) is 17.5. The van der Waals surface area contributed by atoms with Gasteiger partial charge in [0.25, 0.3) is 11.5 Å². The zero-order valence-corrected chi connectivity index (χ0v) is 17.5. The van der Waals surface area contributed by atoms with Crippen molar-refractivity contribution in [2.24, 2.45) is 0 Å². The maximum atomic E-state index is 13.4. The molecule has 1 aliphatic heterocycles. The summed E-state index contributed by atoms with van der Waals surface area (Å²) in [5.74, 6) is -0.320. The lowest BCUT2D eigenvalue weighted by molar-refractivity contribution is 0.0391. The van der Waals surface area contributed by atoms with Crippen LogP contribution >= 0.6 is 0 Å². The Kier molecular flexibility index (Phi) is 7.07. The minimum absolute atomic E-state index is 0.00794. The SMILES string of the molecule is CCCn1c(N)c(N(CCN2CCOCC2)C(=O)c2cccc(C)c2)c(=O)[nH]c1=O. The van der Waals surface area contributed by atoms with Crippen molar-refractivity contribution >= 4 is 17.4 Å². The number of hydrogen-bond donors (Lipinski definition) is 2. The van der Waals surface area contributed by atoms with Gasteiger partial charge in [-0.25, -0.2) is 4.79 Å². The van der Waals surface area contributed by atoms with Gasteiger partial charge < -0.3 is 10.5 Å². The molecule has 0 bridgehead atoms. The van der Waals surface area contributed by atoms with Gasteiger partial charge in [0.15, 0.2) is 5.69 Å². The van der Waals surface area contributed by atoms with Crippen molar-refractivity contribution in [1.82, 2.24) is 14.5 Å². The largest absolute Gasteiger partial charge is 0.383 e. The van der Waals surface area contributed by atoms with Crippen LogP contribution in [0.15, 0.2) is 33.9 Å². The van der Waals surface area contributed by atoms with Crippen LogP contribution in [0.3, 0.4) is 0 Å². The van der Waals surface area contributed by atoms with Crippen molar-refractivity contribution in [2.45, 2.75) is 26.8 Å². The molecule has 1 saturated heterocycles. The Morgan fingerprint density at radius 2 is 1.97 bits per heavy atom. The van der Waals surface area contributed by atoms with Gasteiger partial charge in [-0.2, -0.15) is 0 Å². The standard InChI is InChI=1S/C21H29N5O4/c1-3-7-26-18(22)17(19(27)23-21(26)29)25(9-8-24-10-12-30-13-11-24)20(28)16-6-4-5-15(2)14-16/h4-6,14H,3,7-13,22H2,1-2H3,(H,23,27,29). The highest BCUT2D eigenvalue weighted by molar-refractivity contribution is 6.07. The number of carbonyl (C=O) groups is 1. The van der Waals surface area contributed by atoms with Crippen LogP contribution < -0.4 is 21.9 Å². The van der Waals surface area contributed by atoms with Crippen LogP contribution in [0.4, 0.5) is 11.5 Å². The first kappa shape index (κ1) is 21.8. The molecule has 9 heteroatoms. The van der Waals surface area contributed by atoms with Gasteiger partial charge in [0.2, 0.25) is 0 Å². The summed E-state index contributed by atoms with van der Waals surface area (Å²) < 4.78 is 6.69. The van der Waals surface area contributed by atoms with Crippen molar-refractivity contribution in [1.29, 1.82) is 0 Å². The average Bonchev–Trinajstić information content (AvgIpc) is 2.73. The van der Waals surface area contributed by atoms with E-state index in [1.165, 1.54) is 9.47 Å². The molecule has 1 amide bonds. The first-order valence-electron chi connectivity index (χ1n) is 10.2. The first-order valence-corrected chi connectivity index (χ1v) is 10.2. The number of aromatic amines is 1.